The first-order valence-corrected chi connectivity index (χ1v) is 13.3. The zero-order valence-electron chi connectivity index (χ0n) is 20.4. The van der Waals surface area contributed by atoms with E-state index in [9.17, 15) is 22.8 Å². The molecule has 0 unspecified atom stereocenters. The predicted octanol–water partition coefficient (Wildman–Crippen LogP) is 3.95. The first kappa shape index (κ1) is 24.7. The van der Waals surface area contributed by atoms with Crippen molar-refractivity contribution in [3.63, 3.8) is 0 Å². The minimum Gasteiger partial charge on any atom is -0.454 e. The second-order valence-corrected chi connectivity index (χ2v) is 10.8. The zero-order chi connectivity index (χ0) is 26.3. The van der Waals surface area contributed by atoms with E-state index in [0.717, 1.165) is 35.2 Å². The zero-order valence-corrected chi connectivity index (χ0v) is 21.3. The molecule has 0 spiro atoms. The number of ketones is 1. The normalized spacial score (nSPS) is 14.3. The molecule has 0 bridgehead atoms. The Bertz CT molecular complexity index is 1560. The van der Waals surface area contributed by atoms with Crippen molar-refractivity contribution in [3.8, 4) is 5.75 Å². The number of nitrogens with zero attached hydrogens (tertiary/aromatic N) is 1. The molecule has 0 saturated carbocycles. The quantitative estimate of drug-likeness (QED) is 0.264. The Morgan fingerprint density at radius 1 is 1.00 bits per heavy atom. The summed E-state index contributed by atoms with van der Waals surface area (Å²) in [6, 6.07) is 14.2. The molecule has 9 heteroatoms. The first-order chi connectivity index (χ1) is 17.6. The number of rotatable bonds is 7. The van der Waals surface area contributed by atoms with Crippen LogP contribution in [-0.2, 0) is 32.5 Å². The summed E-state index contributed by atoms with van der Waals surface area (Å²) in [6.45, 7) is 3.57. The van der Waals surface area contributed by atoms with Crippen molar-refractivity contribution in [2.24, 2.45) is 0 Å². The summed E-state index contributed by atoms with van der Waals surface area (Å²) in [4.78, 5) is 39.8. The number of aryl methyl sites for hydroxylation is 3. The largest absolute Gasteiger partial charge is 0.454 e. The summed E-state index contributed by atoms with van der Waals surface area (Å²) >= 11 is 0. The van der Waals surface area contributed by atoms with Crippen molar-refractivity contribution < 1.29 is 31.7 Å². The summed E-state index contributed by atoms with van der Waals surface area (Å²) in [5, 5.41) is 0. The Hall–Kier alpha value is -3.98. The number of hydrogen-bond acceptors (Lipinski definition) is 7. The smallest absolute Gasteiger partial charge is 0.342 e. The highest BCUT2D eigenvalue weighted by Crippen LogP contribution is 2.37. The van der Waals surface area contributed by atoms with Crippen LogP contribution in [0.15, 0.2) is 59.5 Å². The van der Waals surface area contributed by atoms with E-state index in [2.05, 4.69) is 0 Å². The van der Waals surface area contributed by atoms with Gasteiger partial charge < -0.3 is 13.8 Å². The fourth-order valence-electron chi connectivity index (χ4n) is 4.78. The maximum absolute atomic E-state index is 12.9. The maximum Gasteiger partial charge on any atom is 0.342 e. The van der Waals surface area contributed by atoms with Crippen molar-refractivity contribution in [3.05, 3.63) is 88.0 Å². The van der Waals surface area contributed by atoms with E-state index in [-0.39, 0.29) is 28.5 Å². The monoisotopic (exact) mass is 519 g/mol. The molecule has 0 atom stereocenters. The third-order valence-electron chi connectivity index (χ3n) is 6.58. The molecule has 0 fully saturated rings. The van der Waals surface area contributed by atoms with E-state index in [1.165, 1.54) is 24.3 Å². The minimum atomic E-state index is -4.22. The second kappa shape index (κ2) is 9.48. The molecule has 2 heterocycles. The molecule has 190 valence electrons. The molecule has 2 aliphatic rings. The van der Waals surface area contributed by atoms with Gasteiger partial charge in [-0.3, -0.25) is 9.59 Å². The van der Waals surface area contributed by atoms with E-state index >= 15 is 0 Å². The number of carbonyl (C=O) groups is 3. The number of esters is 1. The summed E-state index contributed by atoms with van der Waals surface area (Å²) in [6.07, 6.45) is 1.85. The first-order valence-electron chi connectivity index (χ1n) is 11.9. The van der Waals surface area contributed by atoms with Crippen LogP contribution in [0.2, 0.25) is 0 Å². The van der Waals surface area contributed by atoms with Crippen molar-refractivity contribution in [2.45, 2.75) is 38.0 Å². The van der Waals surface area contributed by atoms with Crippen LogP contribution in [0.4, 0.5) is 5.69 Å². The molecule has 1 amide bonds. The van der Waals surface area contributed by atoms with Gasteiger partial charge in [-0.2, -0.15) is 8.42 Å². The van der Waals surface area contributed by atoms with Gasteiger partial charge in [0.15, 0.2) is 18.1 Å². The van der Waals surface area contributed by atoms with Crippen LogP contribution in [0.5, 0.6) is 5.75 Å². The van der Waals surface area contributed by atoms with Crippen LogP contribution in [0.25, 0.3) is 0 Å². The predicted molar refractivity (Wildman–Crippen MR) is 136 cm³/mol. The highest BCUT2D eigenvalue weighted by Gasteiger charge is 2.33. The highest BCUT2D eigenvalue weighted by molar-refractivity contribution is 7.87. The number of para-hydroxylation sites is 1. The molecule has 0 aliphatic carbocycles. The average molecular weight is 520 g/mol. The van der Waals surface area contributed by atoms with E-state index in [1.807, 2.05) is 0 Å². The van der Waals surface area contributed by atoms with Crippen LogP contribution in [0.3, 0.4) is 0 Å². The van der Waals surface area contributed by atoms with Crippen molar-refractivity contribution in [1.82, 2.24) is 0 Å². The van der Waals surface area contributed by atoms with Crippen LogP contribution in [0, 0.1) is 13.8 Å². The molecule has 3 aromatic rings. The van der Waals surface area contributed by atoms with Gasteiger partial charge in [-0.1, -0.05) is 24.3 Å². The van der Waals surface area contributed by atoms with Gasteiger partial charge in [-0.25, -0.2) is 4.79 Å². The minimum absolute atomic E-state index is 0.00321. The lowest BCUT2D eigenvalue weighted by Gasteiger charge is -2.25. The van der Waals surface area contributed by atoms with Gasteiger partial charge in [0.2, 0.25) is 5.91 Å². The number of carbonyl (C=O) groups excluding carboxylic acids is 3. The van der Waals surface area contributed by atoms with Gasteiger partial charge in [0.25, 0.3) is 0 Å². The summed E-state index contributed by atoms with van der Waals surface area (Å²) < 4.78 is 36.5. The fraction of sp³-hybridized carbons (Fsp3) is 0.250. The molecule has 0 radical (unpaired) electrons. The Labute approximate surface area is 214 Å². The average Bonchev–Trinajstić information content (AvgIpc) is 3.20. The van der Waals surface area contributed by atoms with Gasteiger partial charge in [-0.15, -0.1) is 0 Å². The maximum atomic E-state index is 12.9. The summed E-state index contributed by atoms with van der Waals surface area (Å²) in [5.74, 6) is -1.46. The second-order valence-electron chi connectivity index (χ2n) is 9.27. The summed E-state index contributed by atoms with van der Waals surface area (Å²) in [7, 11) is -4.22. The molecule has 5 rings (SSSR count). The van der Waals surface area contributed by atoms with Crippen LogP contribution in [0.1, 0.15) is 49.4 Å². The Kier molecular flexibility index (Phi) is 6.33. The Morgan fingerprint density at radius 2 is 1.76 bits per heavy atom. The lowest BCUT2D eigenvalue weighted by Crippen LogP contribution is -2.31. The molecule has 8 nitrogen and oxygen atoms in total. The number of anilines is 1. The Morgan fingerprint density at radius 3 is 2.57 bits per heavy atom. The van der Waals surface area contributed by atoms with Crippen LogP contribution >= 0.6 is 0 Å². The number of Topliss-reactive ketones (excluding diaryl/α,β-unsaturated/α-hetero) is 1. The van der Waals surface area contributed by atoms with Gasteiger partial charge in [0.05, 0.1) is 12.1 Å². The van der Waals surface area contributed by atoms with Crippen molar-refractivity contribution in [2.75, 3.05) is 18.1 Å². The molecule has 0 saturated heterocycles. The SMILES string of the molecule is Cc1ccc(C)c(S(=O)(=O)Oc2ccccc2C(=O)OCC(=O)c2cc3c4c(c2)CC(=O)N4CCC3)c1. The van der Waals surface area contributed by atoms with E-state index in [1.54, 1.807) is 49.1 Å². The van der Waals surface area contributed by atoms with Crippen LogP contribution in [-0.4, -0.2) is 39.2 Å². The van der Waals surface area contributed by atoms with E-state index in [4.69, 9.17) is 8.92 Å². The molecule has 3 aromatic carbocycles. The lowest BCUT2D eigenvalue weighted by atomic mass is 9.95. The Balaban J connectivity index is 1.32. The highest BCUT2D eigenvalue weighted by atomic mass is 32.2. The third kappa shape index (κ3) is 4.74. The van der Waals surface area contributed by atoms with Crippen molar-refractivity contribution >= 4 is 33.5 Å². The van der Waals surface area contributed by atoms with E-state index in [0.29, 0.717) is 17.7 Å². The van der Waals surface area contributed by atoms with E-state index < -0.39 is 28.5 Å². The molecule has 0 aromatic heterocycles. The third-order valence-corrected chi connectivity index (χ3v) is 7.96. The molecule has 0 N–H and O–H groups in total. The topological polar surface area (TPSA) is 107 Å². The lowest BCUT2D eigenvalue weighted by molar-refractivity contribution is -0.117. The van der Waals surface area contributed by atoms with Gasteiger partial charge in [-0.05, 0) is 79.3 Å². The molecule has 2 aliphatic heterocycles. The van der Waals surface area contributed by atoms with Gasteiger partial charge in [0.1, 0.15) is 10.5 Å². The standard InChI is InChI=1S/C28H25NO7S/c1-17-9-10-18(2)25(12-17)37(33,34)36-24-8-4-3-7-22(24)28(32)35-16-23(30)20-13-19-6-5-11-29-26(31)15-21(14-20)27(19)29/h3-4,7-10,12-14H,5-6,11,15-16H2,1-2H3. The number of hydrogen-bond donors (Lipinski definition) is 0. The number of amides is 1. The van der Waals surface area contributed by atoms with Gasteiger partial charge >= 0.3 is 16.1 Å². The molecule has 37 heavy (non-hydrogen) atoms. The number of ether oxygens (including phenoxy) is 1. The van der Waals surface area contributed by atoms with Crippen LogP contribution < -0.4 is 9.08 Å². The van der Waals surface area contributed by atoms with Crippen molar-refractivity contribution in [1.29, 1.82) is 0 Å². The molecular weight excluding hydrogens is 494 g/mol. The molecular formula is C28H25NO7S. The fourth-order valence-corrected chi connectivity index (χ4v) is 6.04. The number of benzene rings is 3. The summed E-state index contributed by atoms with van der Waals surface area (Å²) in [5.41, 5.74) is 4.17. The van der Waals surface area contributed by atoms with Gasteiger partial charge in [0, 0.05) is 12.1 Å².